The largest absolute Gasteiger partial charge is 0.508 e. The third kappa shape index (κ3) is 3.07. The molecule has 1 aliphatic heterocycles. The van der Waals surface area contributed by atoms with Gasteiger partial charge in [-0.05, 0) is 17.7 Å². The summed E-state index contributed by atoms with van der Waals surface area (Å²) < 4.78 is 0. The fourth-order valence-electron chi connectivity index (χ4n) is 2.56. The number of carbonyl (C=O) groups excluding carboxylic acids is 1. The molecule has 3 rings (SSSR count). The Morgan fingerprint density at radius 1 is 1.43 bits per heavy atom. The number of phenols is 1. The lowest BCUT2D eigenvalue weighted by Crippen LogP contribution is -2.31. The van der Waals surface area contributed by atoms with E-state index in [1.165, 1.54) is 17.8 Å². The average Bonchev–Trinajstić information content (AvgIpc) is 2.51. The van der Waals surface area contributed by atoms with Crippen molar-refractivity contribution in [2.24, 2.45) is 0 Å². The van der Waals surface area contributed by atoms with E-state index in [4.69, 9.17) is 6.42 Å². The van der Waals surface area contributed by atoms with Crippen molar-refractivity contribution in [1.29, 1.82) is 0 Å². The highest BCUT2D eigenvalue weighted by Gasteiger charge is 2.31. The second kappa shape index (κ2) is 6.18. The van der Waals surface area contributed by atoms with Gasteiger partial charge in [0.25, 0.3) is 5.56 Å². The first-order valence-corrected chi connectivity index (χ1v) is 7.86. The predicted octanol–water partition coefficient (Wildman–Crippen LogP) is 1.67. The highest BCUT2D eigenvalue weighted by Crippen LogP contribution is 2.35. The molecular formula is C16H13N3O3S. The minimum atomic E-state index is -0.450. The van der Waals surface area contributed by atoms with Crippen LogP contribution in [0, 0.1) is 12.3 Å². The van der Waals surface area contributed by atoms with Crippen LogP contribution < -0.4 is 10.9 Å². The van der Waals surface area contributed by atoms with Gasteiger partial charge in [-0.3, -0.25) is 9.59 Å². The van der Waals surface area contributed by atoms with Crippen LogP contribution >= 0.6 is 11.8 Å². The molecule has 0 saturated carbocycles. The van der Waals surface area contributed by atoms with Crippen LogP contribution in [0.1, 0.15) is 23.5 Å². The van der Waals surface area contributed by atoms with Crippen LogP contribution in [0.25, 0.3) is 0 Å². The van der Waals surface area contributed by atoms with Gasteiger partial charge in [0.15, 0.2) is 5.16 Å². The summed E-state index contributed by atoms with van der Waals surface area (Å²) in [6, 6.07) is 6.53. The van der Waals surface area contributed by atoms with E-state index >= 15 is 0 Å². The van der Waals surface area contributed by atoms with E-state index < -0.39 is 5.92 Å². The third-order valence-electron chi connectivity index (χ3n) is 3.49. The highest BCUT2D eigenvalue weighted by atomic mass is 32.2. The Morgan fingerprint density at radius 2 is 2.26 bits per heavy atom. The molecule has 1 aromatic carbocycles. The summed E-state index contributed by atoms with van der Waals surface area (Å²) in [5.74, 6) is 2.47. The van der Waals surface area contributed by atoms with Crippen molar-refractivity contribution in [3.05, 3.63) is 45.7 Å². The number of aromatic amines is 1. The van der Waals surface area contributed by atoms with Crippen LogP contribution in [-0.4, -0.2) is 26.7 Å². The van der Waals surface area contributed by atoms with E-state index in [9.17, 15) is 14.7 Å². The van der Waals surface area contributed by atoms with E-state index in [0.717, 1.165) is 0 Å². The van der Waals surface area contributed by atoms with Crippen LogP contribution in [-0.2, 0) is 4.79 Å². The number of benzene rings is 1. The molecule has 1 unspecified atom stereocenters. The highest BCUT2D eigenvalue weighted by molar-refractivity contribution is 7.99. The molecule has 1 aromatic heterocycles. The standard InChI is InChI=1S/C16H13N3O3S/c1-2-6-23-16-18-14-13(15(22)19-16)11(8-12(21)17-14)9-4-3-5-10(20)7-9/h1,3-5,7,11,20H,6,8H2,(H2,17,18,19,21,22). The lowest BCUT2D eigenvalue weighted by Gasteiger charge is -2.24. The number of hydrogen-bond donors (Lipinski definition) is 3. The van der Waals surface area contributed by atoms with Gasteiger partial charge in [-0.2, -0.15) is 0 Å². The minimum Gasteiger partial charge on any atom is -0.508 e. The number of nitrogens with one attached hydrogen (secondary N) is 2. The summed E-state index contributed by atoms with van der Waals surface area (Å²) >= 11 is 1.21. The minimum absolute atomic E-state index is 0.0839. The summed E-state index contributed by atoms with van der Waals surface area (Å²) in [6.07, 6.45) is 5.33. The lowest BCUT2D eigenvalue weighted by molar-refractivity contribution is -0.116. The molecule has 1 aliphatic rings. The average molecular weight is 327 g/mol. The third-order valence-corrected chi connectivity index (χ3v) is 4.27. The summed E-state index contributed by atoms with van der Waals surface area (Å²) in [7, 11) is 0. The number of carbonyl (C=O) groups is 1. The Morgan fingerprint density at radius 3 is 3.00 bits per heavy atom. The Labute approximate surface area is 136 Å². The zero-order valence-corrected chi connectivity index (χ0v) is 12.8. The number of thioether (sulfide) groups is 1. The van der Waals surface area contributed by atoms with Gasteiger partial charge >= 0.3 is 0 Å². The van der Waals surface area contributed by atoms with Gasteiger partial charge in [-0.15, -0.1) is 6.42 Å². The second-order valence-electron chi connectivity index (χ2n) is 5.03. The quantitative estimate of drug-likeness (QED) is 0.453. The number of aromatic nitrogens is 2. The van der Waals surface area contributed by atoms with Crippen LogP contribution in [0.4, 0.5) is 5.82 Å². The maximum absolute atomic E-state index is 12.4. The first kappa shape index (κ1) is 15.2. The van der Waals surface area contributed by atoms with Gasteiger partial charge in [-0.1, -0.05) is 29.8 Å². The Hall–Kier alpha value is -2.72. The molecule has 7 heteroatoms. The van der Waals surface area contributed by atoms with Crippen LogP contribution in [0.5, 0.6) is 5.75 Å². The fourth-order valence-corrected chi connectivity index (χ4v) is 3.10. The molecule has 23 heavy (non-hydrogen) atoms. The summed E-state index contributed by atoms with van der Waals surface area (Å²) in [6.45, 7) is 0. The number of hydrogen-bond acceptors (Lipinski definition) is 5. The van der Waals surface area contributed by atoms with Gasteiger partial charge in [-0.25, -0.2) is 4.98 Å². The first-order chi connectivity index (χ1) is 11.1. The van der Waals surface area contributed by atoms with E-state index in [1.54, 1.807) is 18.2 Å². The molecule has 0 bridgehead atoms. The molecular weight excluding hydrogens is 314 g/mol. The molecule has 0 aliphatic carbocycles. The van der Waals surface area contributed by atoms with Gasteiger partial charge in [0.2, 0.25) is 5.91 Å². The number of phenolic OH excluding ortho intramolecular Hbond substituents is 1. The summed E-state index contributed by atoms with van der Waals surface area (Å²) in [5.41, 5.74) is 0.764. The molecule has 116 valence electrons. The molecule has 6 nitrogen and oxygen atoms in total. The molecule has 3 N–H and O–H groups in total. The van der Waals surface area contributed by atoms with Gasteiger partial charge in [0, 0.05) is 12.3 Å². The zero-order chi connectivity index (χ0) is 16.4. The van der Waals surface area contributed by atoms with Crippen LogP contribution in [0.2, 0.25) is 0 Å². The normalized spacial score (nSPS) is 16.3. The van der Waals surface area contributed by atoms with Gasteiger partial charge in [0.05, 0.1) is 11.3 Å². The molecule has 0 saturated heterocycles. The smallest absolute Gasteiger partial charge is 0.257 e. The maximum Gasteiger partial charge on any atom is 0.257 e. The zero-order valence-electron chi connectivity index (χ0n) is 12.0. The number of nitrogens with zero attached hydrogens (tertiary/aromatic N) is 1. The SMILES string of the molecule is C#CCSc1nc2c(c(=O)[nH]1)C(c1cccc(O)c1)CC(=O)N2. The second-order valence-corrected chi connectivity index (χ2v) is 5.99. The number of fused-ring (bicyclic) bond motifs is 1. The molecule has 2 aromatic rings. The topological polar surface area (TPSA) is 95.1 Å². The maximum atomic E-state index is 12.4. The number of anilines is 1. The molecule has 1 amide bonds. The van der Waals surface area contributed by atoms with Gasteiger partial charge < -0.3 is 15.4 Å². The van der Waals surface area contributed by atoms with E-state index in [2.05, 4.69) is 21.2 Å². The van der Waals surface area contributed by atoms with Crippen LogP contribution in [0.15, 0.2) is 34.2 Å². The van der Waals surface area contributed by atoms with Crippen LogP contribution in [0.3, 0.4) is 0 Å². The number of aromatic hydroxyl groups is 1. The number of terminal acetylenes is 1. The van der Waals surface area contributed by atoms with Crippen molar-refractivity contribution in [3.63, 3.8) is 0 Å². The molecule has 0 fully saturated rings. The molecule has 1 atom stereocenters. The van der Waals surface area contributed by atoms with Crippen molar-refractivity contribution in [1.82, 2.24) is 9.97 Å². The predicted molar refractivity (Wildman–Crippen MR) is 87.6 cm³/mol. The number of amides is 1. The van der Waals surface area contributed by atoms with Crippen molar-refractivity contribution in [2.75, 3.05) is 11.1 Å². The number of rotatable bonds is 3. The summed E-state index contributed by atoms with van der Waals surface area (Å²) in [5, 5.41) is 12.6. The van der Waals surface area contributed by atoms with Crippen molar-refractivity contribution in [2.45, 2.75) is 17.5 Å². The lowest BCUT2D eigenvalue weighted by atomic mass is 9.87. The van der Waals surface area contributed by atoms with Crippen molar-refractivity contribution in [3.8, 4) is 18.1 Å². The Kier molecular flexibility index (Phi) is 4.08. The molecule has 0 spiro atoms. The van der Waals surface area contributed by atoms with E-state index in [0.29, 0.717) is 22.0 Å². The molecule has 2 heterocycles. The Bertz CT molecular complexity index is 870. The van der Waals surface area contributed by atoms with Crippen molar-refractivity contribution >= 4 is 23.5 Å². The molecule has 0 radical (unpaired) electrons. The van der Waals surface area contributed by atoms with Crippen molar-refractivity contribution < 1.29 is 9.90 Å². The Balaban J connectivity index is 2.09. The summed E-state index contributed by atoms with van der Waals surface area (Å²) in [4.78, 5) is 31.4. The number of H-pyrrole nitrogens is 1. The van der Waals surface area contributed by atoms with E-state index in [1.807, 2.05) is 0 Å². The monoisotopic (exact) mass is 327 g/mol. The van der Waals surface area contributed by atoms with E-state index in [-0.39, 0.29) is 29.5 Å². The first-order valence-electron chi connectivity index (χ1n) is 6.87. The fraction of sp³-hybridized carbons (Fsp3) is 0.188. The van der Waals surface area contributed by atoms with Gasteiger partial charge in [0.1, 0.15) is 11.6 Å².